The zero-order valence-electron chi connectivity index (χ0n) is 10.8. The van der Waals surface area contributed by atoms with Gasteiger partial charge in [0.25, 0.3) is 0 Å². The van der Waals surface area contributed by atoms with Crippen molar-refractivity contribution in [2.75, 3.05) is 20.3 Å². The van der Waals surface area contributed by atoms with Gasteiger partial charge >= 0.3 is 0 Å². The molecule has 0 bridgehead atoms. The first-order valence-electron chi connectivity index (χ1n) is 6.34. The van der Waals surface area contributed by atoms with E-state index in [4.69, 9.17) is 9.15 Å². The number of rotatable bonds is 4. The smallest absolute Gasteiger partial charge is 0.233 e. The molecule has 2 rings (SSSR count). The molecule has 1 N–H and O–H groups in total. The Bertz CT molecular complexity index is 349. The van der Waals surface area contributed by atoms with Crippen LogP contribution in [0.2, 0.25) is 0 Å². The number of hydrogen-bond acceptors (Lipinski definition) is 5. The van der Waals surface area contributed by atoms with Gasteiger partial charge < -0.3 is 14.5 Å². The third kappa shape index (κ3) is 2.66. The van der Waals surface area contributed by atoms with E-state index in [0.29, 0.717) is 17.7 Å². The van der Waals surface area contributed by atoms with Crippen LogP contribution in [0, 0.1) is 5.92 Å². The third-order valence-electron chi connectivity index (χ3n) is 3.47. The topological polar surface area (TPSA) is 60.2 Å². The maximum Gasteiger partial charge on any atom is 0.233 e. The minimum atomic E-state index is 0.159. The van der Waals surface area contributed by atoms with Crippen LogP contribution in [0.15, 0.2) is 4.42 Å². The molecule has 0 saturated carbocycles. The molecule has 3 atom stereocenters. The van der Waals surface area contributed by atoms with E-state index in [1.807, 2.05) is 7.05 Å². The first-order chi connectivity index (χ1) is 8.26. The van der Waals surface area contributed by atoms with Crippen LogP contribution in [0.5, 0.6) is 0 Å². The number of hydrogen-bond donors (Lipinski definition) is 1. The lowest BCUT2D eigenvalue weighted by atomic mass is 9.90. The van der Waals surface area contributed by atoms with Gasteiger partial charge in [0.15, 0.2) is 0 Å². The molecule has 1 aromatic heterocycles. The van der Waals surface area contributed by atoms with Crippen molar-refractivity contribution in [2.45, 2.75) is 38.6 Å². The standard InChI is InChI=1S/C12H21N3O2/c1-4-10(13-3)12-15-14-11(17-12)9-5-6-16-7-8(9)2/h8-10,13H,4-7H2,1-3H3. The summed E-state index contributed by atoms with van der Waals surface area (Å²) in [5.41, 5.74) is 0. The monoisotopic (exact) mass is 239 g/mol. The van der Waals surface area contributed by atoms with Crippen molar-refractivity contribution in [1.82, 2.24) is 15.5 Å². The molecule has 2 heterocycles. The summed E-state index contributed by atoms with van der Waals surface area (Å²) in [5.74, 6) is 2.26. The molecule has 0 radical (unpaired) electrons. The summed E-state index contributed by atoms with van der Waals surface area (Å²) in [6, 6.07) is 0.159. The highest BCUT2D eigenvalue weighted by Crippen LogP contribution is 2.31. The van der Waals surface area contributed by atoms with Gasteiger partial charge in [-0.3, -0.25) is 0 Å². The molecule has 96 valence electrons. The molecule has 0 aliphatic carbocycles. The van der Waals surface area contributed by atoms with Gasteiger partial charge in [-0.25, -0.2) is 0 Å². The van der Waals surface area contributed by atoms with Crippen molar-refractivity contribution in [3.8, 4) is 0 Å². The van der Waals surface area contributed by atoms with E-state index in [9.17, 15) is 0 Å². The molecule has 0 spiro atoms. The Balaban J connectivity index is 2.11. The molecule has 1 aliphatic rings. The van der Waals surface area contributed by atoms with Gasteiger partial charge in [0.05, 0.1) is 6.04 Å². The third-order valence-corrected chi connectivity index (χ3v) is 3.47. The second kappa shape index (κ2) is 5.60. The second-order valence-electron chi connectivity index (χ2n) is 4.68. The van der Waals surface area contributed by atoms with Gasteiger partial charge in [-0.15, -0.1) is 10.2 Å². The van der Waals surface area contributed by atoms with Gasteiger partial charge in [0, 0.05) is 19.1 Å². The fraction of sp³-hybridized carbons (Fsp3) is 0.833. The second-order valence-corrected chi connectivity index (χ2v) is 4.68. The minimum Gasteiger partial charge on any atom is -0.423 e. The number of nitrogens with zero attached hydrogens (tertiary/aromatic N) is 2. The van der Waals surface area contributed by atoms with Crippen molar-refractivity contribution in [3.63, 3.8) is 0 Å². The minimum absolute atomic E-state index is 0.159. The Labute approximate surface area is 102 Å². The van der Waals surface area contributed by atoms with Crippen LogP contribution in [0.25, 0.3) is 0 Å². The average molecular weight is 239 g/mol. The molecule has 17 heavy (non-hydrogen) atoms. The van der Waals surface area contributed by atoms with Crippen LogP contribution in [0.1, 0.15) is 50.4 Å². The normalized spacial score (nSPS) is 27.0. The largest absolute Gasteiger partial charge is 0.423 e. The average Bonchev–Trinajstić information content (AvgIpc) is 2.81. The van der Waals surface area contributed by atoms with Crippen LogP contribution in [0.4, 0.5) is 0 Å². The molecule has 5 heteroatoms. The lowest BCUT2D eigenvalue weighted by molar-refractivity contribution is 0.0403. The van der Waals surface area contributed by atoms with E-state index in [1.165, 1.54) is 0 Å². The highest BCUT2D eigenvalue weighted by atomic mass is 16.5. The molecule has 0 aromatic carbocycles. The fourth-order valence-electron chi connectivity index (χ4n) is 2.29. The Hall–Kier alpha value is -0.940. The Kier molecular flexibility index (Phi) is 4.12. The van der Waals surface area contributed by atoms with Gasteiger partial charge in [-0.05, 0) is 25.8 Å². The zero-order valence-corrected chi connectivity index (χ0v) is 10.8. The van der Waals surface area contributed by atoms with Crippen molar-refractivity contribution < 1.29 is 9.15 Å². The molecule has 1 aliphatic heterocycles. The summed E-state index contributed by atoms with van der Waals surface area (Å²) in [6.45, 7) is 5.84. The van der Waals surface area contributed by atoms with E-state index in [-0.39, 0.29) is 6.04 Å². The Morgan fingerprint density at radius 3 is 2.94 bits per heavy atom. The summed E-state index contributed by atoms with van der Waals surface area (Å²) >= 11 is 0. The number of ether oxygens (including phenoxy) is 1. The summed E-state index contributed by atoms with van der Waals surface area (Å²) in [6.07, 6.45) is 1.92. The Morgan fingerprint density at radius 1 is 1.47 bits per heavy atom. The SMILES string of the molecule is CCC(NC)c1nnc(C2CCOCC2C)o1. The lowest BCUT2D eigenvalue weighted by Crippen LogP contribution is -2.23. The summed E-state index contributed by atoms with van der Waals surface area (Å²) in [7, 11) is 1.91. The van der Waals surface area contributed by atoms with Crippen LogP contribution < -0.4 is 5.32 Å². The molecule has 1 aromatic rings. The van der Waals surface area contributed by atoms with Gasteiger partial charge in [-0.2, -0.15) is 0 Å². The lowest BCUT2D eigenvalue weighted by Gasteiger charge is -2.25. The van der Waals surface area contributed by atoms with E-state index in [0.717, 1.165) is 31.9 Å². The van der Waals surface area contributed by atoms with Crippen LogP contribution in [-0.4, -0.2) is 30.5 Å². The van der Waals surface area contributed by atoms with Crippen molar-refractivity contribution >= 4 is 0 Å². The summed E-state index contributed by atoms with van der Waals surface area (Å²) < 4.78 is 11.2. The van der Waals surface area contributed by atoms with Crippen LogP contribution >= 0.6 is 0 Å². The van der Waals surface area contributed by atoms with Crippen molar-refractivity contribution in [1.29, 1.82) is 0 Å². The molecule has 1 fully saturated rings. The van der Waals surface area contributed by atoms with Crippen LogP contribution in [-0.2, 0) is 4.74 Å². The van der Waals surface area contributed by atoms with Gasteiger partial charge in [0.1, 0.15) is 0 Å². The van der Waals surface area contributed by atoms with E-state index in [1.54, 1.807) is 0 Å². The Morgan fingerprint density at radius 2 is 2.29 bits per heavy atom. The highest BCUT2D eigenvalue weighted by Gasteiger charge is 2.29. The summed E-state index contributed by atoms with van der Waals surface area (Å²) in [4.78, 5) is 0. The first kappa shape index (κ1) is 12.5. The highest BCUT2D eigenvalue weighted by molar-refractivity contribution is 4.97. The van der Waals surface area contributed by atoms with Crippen LogP contribution in [0.3, 0.4) is 0 Å². The maximum absolute atomic E-state index is 5.80. The quantitative estimate of drug-likeness (QED) is 0.869. The van der Waals surface area contributed by atoms with Gasteiger partial charge in [0.2, 0.25) is 11.8 Å². The number of nitrogens with one attached hydrogen (secondary N) is 1. The van der Waals surface area contributed by atoms with E-state index < -0.39 is 0 Å². The molecule has 5 nitrogen and oxygen atoms in total. The fourth-order valence-corrected chi connectivity index (χ4v) is 2.29. The molecular formula is C12H21N3O2. The van der Waals surface area contributed by atoms with E-state index >= 15 is 0 Å². The predicted octanol–water partition coefficient (Wildman–Crippen LogP) is 1.88. The van der Waals surface area contributed by atoms with Crippen molar-refractivity contribution in [3.05, 3.63) is 11.8 Å². The van der Waals surface area contributed by atoms with E-state index in [2.05, 4.69) is 29.4 Å². The van der Waals surface area contributed by atoms with Gasteiger partial charge in [-0.1, -0.05) is 13.8 Å². The first-order valence-corrected chi connectivity index (χ1v) is 6.34. The molecule has 1 saturated heterocycles. The number of aromatic nitrogens is 2. The maximum atomic E-state index is 5.80. The summed E-state index contributed by atoms with van der Waals surface area (Å²) in [5, 5.41) is 11.5. The molecular weight excluding hydrogens is 218 g/mol. The zero-order chi connectivity index (χ0) is 12.3. The molecule has 0 amide bonds. The predicted molar refractivity (Wildman–Crippen MR) is 63.7 cm³/mol. The molecule has 3 unspecified atom stereocenters. The van der Waals surface area contributed by atoms with Crippen molar-refractivity contribution in [2.24, 2.45) is 5.92 Å².